The van der Waals surface area contributed by atoms with E-state index in [0.29, 0.717) is 13.2 Å². The molecule has 0 spiro atoms. The van der Waals surface area contributed by atoms with Crippen molar-refractivity contribution < 1.29 is 14.3 Å². The third-order valence-electron chi connectivity index (χ3n) is 5.46. The summed E-state index contributed by atoms with van der Waals surface area (Å²) in [5, 5.41) is 1.98. The Balaban J connectivity index is 1.44. The predicted molar refractivity (Wildman–Crippen MR) is 108 cm³/mol. The SMILES string of the molecule is CCc1nc2c(c(OC3CCN(C(=O)c4sccc4C)CC3)n1)CCOCC2. The number of fused-ring (bicyclic) bond motifs is 1. The zero-order valence-electron chi connectivity index (χ0n) is 16.6. The minimum atomic E-state index is 0.0846. The number of thiophene rings is 1. The largest absolute Gasteiger partial charge is 0.474 e. The molecule has 1 amide bonds. The van der Waals surface area contributed by atoms with Crippen molar-refractivity contribution in [2.24, 2.45) is 0 Å². The predicted octanol–water partition coefficient (Wildman–Crippen LogP) is 3.21. The van der Waals surface area contributed by atoms with E-state index in [9.17, 15) is 4.79 Å². The number of piperidine rings is 1. The summed E-state index contributed by atoms with van der Waals surface area (Å²) < 4.78 is 12.0. The molecule has 0 bridgehead atoms. The molecule has 2 aromatic rings. The standard InChI is InChI=1S/C21H27N3O3S/c1-3-18-22-17-7-12-26-11-6-16(17)20(23-18)27-15-4-9-24(10-5-15)21(25)19-14(2)8-13-28-19/h8,13,15H,3-7,9-12H2,1-2H3. The van der Waals surface area contributed by atoms with Crippen LogP contribution in [0.3, 0.4) is 0 Å². The van der Waals surface area contributed by atoms with E-state index in [1.807, 2.05) is 23.3 Å². The van der Waals surface area contributed by atoms with E-state index in [4.69, 9.17) is 14.5 Å². The smallest absolute Gasteiger partial charge is 0.264 e. The molecule has 2 aliphatic heterocycles. The molecule has 28 heavy (non-hydrogen) atoms. The van der Waals surface area contributed by atoms with Gasteiger partial charge in [-0.2, -0.15) is 4.98 Å². The molecular formula is C21H27N3O3S. The third-order valence-corrected chi connectivity index (χ3v) is 6.47. The maximum absolute atomic E-state index is 12.7. The van der Waals surface area contributed by atoms with Gasteiger partial charge in [0, 0.05) is 50.8 Å². The number of aryl methyl sites for hydroxylation is 2. The molecule has 150 valence electrons. The van der Waals surface area contributed by atoms with E-state index in [-0.39, 0.29) is 12.0 Å². The zero-order chi connectivity index (χ0) is 19.5. The number of amides is 1. The summed E-state index contributed by atoms with van der Waals surface area (Å²) >= 11 is 1.52. The molecular weight excluding hydrogens is 374 g/mol. The van der Waals surface area contributed by atoms with Crippen molar-refractivity contribution in [3.8, 4) is 5.88 Å². The van der Waals surface area contributed by atoms with Crippen LogP contribution in [0.4, 0.5) is 0 Å². The summed E-state index contributed by atoms with van der Waals surface area (Å²) in [5.41, 5.74) is 3.23. The highest BCUT2D eigenvalue weighted by Crippen LogP contribution is 2.27. The van der Waals surface area contributed by atoms with E-state index in [1.54, 1.807) is 0 Å². The Morgan fingerprint density at radius 2 is 2.07 bits per heavy atom. The average Bonchev–Trinajstić information content (AvgIpc) is 3.00. The van der Waals surface area contributed by atoms with Crippen molar-refractivity contribution >= 4 is 17.2 Å². The lowest BCUT2D eigenvalue weighted by atomic mass is 10.1. The van der Waals surface area contributed by atoms with Crippen molar-refractivity contribution in [3.63, 3.8) is 0 Å². The molecule has 0 atom stereocenters. The Hall–Kier alpha value is -1.99. The molecule has 1 fully saturated rings. The van der Waals surface area contributed by atoms with Crippen molar-refractivity contribution in [2.45, 2.75) is 52.1 Å². The lowest BCUT2D eigenvalue weighted by Gasteiger charge is -2.32. The van der Waals surface area contributed by atoms with Crippen LogP contribution >= 0.6 is 11.3 Å². The lowest BCUT2D eigenvalue weighted by molar-refractivity contribution is 0.0588. The summed E-state index contributed by atoms with van der Waals surface area (Å²) in [6.07, 6.45) is 4.14. The van der Waals surface area contributed by atoms with E-state index in [2.05, 4.69) is 11.9 Å². The molecule has 0 unspecified atom stereocenters. The van der Waals surface area contributed by atoms with Gasteiger partial charge < -0.3 is 14.4 Å². The number of rotatable bonds is 4. The van der Waals surface area contributed by atoms with Crippen molar-refractivity contribution in [2.75, 3.05) is 26.3 Å². The molecule has 0 radical (unpaired) electrons. The highest BCUT2D eigenvalue weighted by molar-refractivity contribution is 7.12. The van der Waals surface area contributed by atoms with Crippen molar-refractivity contribution in [3.05, 3.63) is 39.0 Å². The van der Waals surface area contributed by atoms with Gasteiger partial charge in [-0.1, -0.05) is 6.92 Å². The van der Waals surface area contributed by atoms with Crippen LogP contribution in [-0.4, -0.2) is 53.2 Å². The van der Waals surface area contributed by atoms with E-state index in [0.717, 1.165) is 78.6 Å². The van der Waals surface area contributed by atoms with Gasteiger partial charge in [0.15, 0.2) is 0 Å². The van der Waals surface area contributed by atoms with Gasteiger partial charge in [-0.05, 0) is 23.9 Å². The number of ether oxygens (including phenoxy) is 2. The molecule has 0 saturated carbocycles. The summed E-state index contributed by atoms with van der Waals surface area (Å²) in [6.45, 7) is 6.89. The summed E-state index contributed by atoms with van der Waals surface area (Å²) in [4.78, 5) is 24.9. The van der Waals surface area contributed by atoms with Gasteiger partial charge in [-0.3, -0.25) is 4.79 Å². The second-order valence-electron chi connectivity index (χ2n) is 7.38. The van der Waals surface area contributed by atoms with Crippen LogP contribution < -0.4 is 4.74 Å². The van der Waals surface area contributed by atoms with E-state index >= 15 is 0 Å². The lowest BCUT2D eigenvalue weighted by Crippen LogP contribution is -2.42. The number of aromatic nitrogens is 2. The number of carbonyl (C=O) groups is 1. The van der Waals surface area contributed by atoms with Crippen LogP contribution in [-0.2, 0) is 24.0 Å². The van der Waals surface area contributed by atoms with Crippen LogP contribution in [0.1, 0.15) is 52.1 Å². The normalized spacial score (nSPS) is 17.9. The Bertz CT molecular complexity index is 843. The molecule has 7 heteroatoms. The molecule has 2 aromatic heterocycles. The Morgan fingerprint density at radius 3 is 2.79 bits per heavy atom. The van der Waals surface area contributed by atoms with Crippen LogP contribution in [0.15, 0.2) is 11.4 Å². The second-order valence-corrected chi connectivity index (χ2v) is 8.29. The maximum atomic E-state index is 12.7. The van der Waals surface area contributed by atoms with Gasteiger partial charge in [-0.15, -0.1) is 11.3 Å². The van der Waals surface area contributed by atoms with E-state index in [1.165, 1.54) is 11.3 Å². The fourth-order valence-corrected chi connectivity index (χ4v) is 4.68. The number of hydrogen-bond donors (Lipinski definition) is 0. The number of likely N-dealkylation sites (tertiary alicyclic amines) is 1. The molecule has 6 nitrogen and oxygen atoms in total. The topological polar surface area (TPSA) is 64.5 Å². The van der Waals surface area contributed by atoms with Crippen LogP contribution in [0.2, 0.25) is 0 Å². The van der Waals surface area contributed by atoms with Gasteiger partial charge in [0.25, 0.3) is 5.91 Å². The second kappa shape index (κ2) is 8.57. The molecule has 0 N–H and O–H groups in total. The summed E-state index contributed by atoms with van der Waals surface area (Å²) in [7, 11) is 0. The minimum Gasteiger partial charge on any atom is -0.474 e. The first-order valence-electron chi connectivity index (χ1n) is 10.1. The number of carbonyl (C=O) groups excluding carboxylic acids is 1. The third kappa shape index (κ3) is 4.05. The quantitative estimate of drug-likeness (QED) is 0.787. The first kappa shape index (κ1) is 19.3. The fraction of sp³-hybridized carbons (Fsp3) is 0.571. The molecule has 0 aliphatic carbocycles. The maximum Gasteiger partial charge on any atom is 0.264 e. The van der Waals surface area contributed by atoms with Gasteiger partial charge in [0.05, 0.1) is 23.8 Å². The molecule has 4 rings (SSSR count). The van der Waals surface area contributed by atoms with Crippen LogP contribution in [0.25, 0.3) is 0 Å². The Labute approximate surface area is 169 Å². The highest BCUT2D eigenvalue weighted by Gasteiger charge is 2.28. The average molecular weight is 402 g/mol. The van der Waals surface area contributed by atoms with Crippen molar-refractivity contribution in [1.29, 1.82) is 0 Å². The van der Waals surface area contributed by atoms with Gasteiger partial charge in [0.2, 0.25) is 5.88 Å². The summed E-state index contributed by atoms with van der Waals surface area (Å²) in [5.74, 6) is 1.70. The van der Waals surface area contributed by atoms with Crippen LogP contribution in [0.5, 0.6) is 5.88 Å². The summed E-state index contributed by atoms with van der Waals surface area (Å²) in [6, 6.07) is 2.00. The minimum absolute atomic E-state index is 0.0846. The monoisotopic (exact) mass is 401 g/mol. The fourth-order valence-electron chi connectivity index (χ4n) is 3.79. The molecule has 1 saturated heterocycles. The van der Waals surface area contributed by atoms with Gasteiger partial charge in [0.1, 0.15) is 11.9 Å². The Morgan fingerprint density at radius 1 is 1.29 bits per heavy atom. The first-order valence-corrected chi connectivity index (χ1v) is 11.0. The zero-order valence-corrected chi connectivity index (χ0v) is 17.4. The highest BCUT2D eigenvalue weighted by atomic mass is 32.1. The van der Waals surface area contributed by atoms with Crippen molar-refractivity contribution in [1.82, 2.24) is 14.9 Å². The molecule has 4 heterocycles. The first-order chi connectivity index (χ1) is 13.7. The number of nitrogens with zero attached hydrogens (tertiary/aromatic N) is 3. The van der Waals surface area contributed by atoms with Gasteiger partial charge in [-0.25, -0.2) is 4.98 Å². The number of hydrogen-bond acceptors (Lipinski definition) is 6. The molecule has 2 aliphatic rings. The Kier molecular flexibility index (Phi) is 5.92. The van der Waals surface area contributed by atoms with Crippen LogP contribution in [0, 0.1) is 6.92 Å². The van der Waals surface area contributed by atoms with Gasteiger partial charge >= 0.3 is 0 Å². The molecule has 0 aromatic carbocycles. The van der Waals surface area contributed by atoms with E-state index < -0.39 is 0 Å².